The Morgan fingerprint density at radius 1 is 1.38 bits per heavy atom. The second kappa shape index (κ2) is 2.69. The average molecular weight is 183 g/mol. The normalized spacial score (nSPS) is 25.2. The molecule has 0 radical (unpaired) electrons. The smallest absolute Gasteiger partial charge is 0.254 e. The monoisotopic (exact) mass is 183 g/mol. The van der Waals surface area contributed by atoms with Crippen molar-refractivity contribution in [2.24, 2.45) is 0 Å². The molecule has 0 amide bonds. The van der Waals surface area contributed by atoms with Gasteiger partial charge in [0.05, 0.1) is 0 Å². The van der Waals surface area contributed by atoms with E-state index >= 15 is 0 Å². The van der Waals surface area contributed by atoms with Crippen LogP contribution in [-0.4, -0.2) is 5.92 Å². The van der Waals surface area contributed by atoms with Crippen molar-refractivity contribution >= 4 is 5.69 Å². The van der Waals surface area contributed by atoms with Gasteiger partial charge in [-0.2, -0.15) is 0 Å². The van der Waals surface area contributed by atoms with Gasteiger partial charge in [0.15, 0.2) is 0 Å². The van der Waals surface area contributed by atoms with Crippen LogP contribution in [0.1, 0.15) is 24.3 Å². The number of nitrogens with two attached hydrogens (primary N) is 1. The molecule has 70 valence electrons. The highest BCUT2D eigenvalue weighted by Gasteiger charge is 2.48. The van der Waals surface area contributed by atoms with E-state index < -0.39 is 11.8 Å². The van der Waals surface area contributed by atoms with Crippen molar-refractivity contribution in [2.75, 3.05) is 5.73 Å². The average Bonchev–Trinajstić information content (AvgIpc) is 2.02. The van der Waals surface area contributed by atoms with Gasteiger partial charge in [-0.05, 0) is 24.1 Å². The third-order valence-electron chi connectivity index (χ3n) is 2.59. The number of hydrogen-bond donors (Lipinski definition) is 1. The largest absolute Gasteiger partial charge is 0.399 e. The highest BCUT2D eigenvalue weighted by atomic mass is 19.3. The van der Waals surface area contributed by atoms with Crippen LogP contribution >= 0.6 is 0 Å². The number of rotatable bonds is 1. The Bertz CT molecular complexity index is 322. The minimum atomic E-state index is -2.52. The molecule has 0 aromatic heterocycles. The maximum atomic E-state index is 13.0. The summed E-state index contributed by atoms with van der Waals surface area (Å²) < 4.78 is 26.0. The van der Waals surface area contributed by atoms with Gasteiger partial charge in [-0.1, -0.05) is 12.1 Å². The van der Waals surface area contributed by atoms with Gasteiger partial charge in [0.1, 0.15) is 0 Å². The van der Waals surface area contributed by atoms with E-state index in [2.05, 4.69) is 0 Å². The van der Waals surface area contributed by atoms with Gasteiger partial charge in [-0.25, -0.2) is 8.78 Å². The molecule has 1 aromatic rings. The third kappa shape index (κ3) is 1.39. The predicted molar refractivity (Wildman–Crippen MR) is 47.8 cm³/mol. The maximum Gasteiger partial charge on any atom is 0.254 e. The summed E-state index contributed by atoms with van der Waals surface area (Å²) in [6.07, 6.45) is 0.572. The molecule has 1 nitrogen and oxygen atoms in total. The molecule has 1 unspecified atom stereocenters. The zero-order valence-corrected chi connectivity index (χ0v) is 7.13. The van der Waals surface area contributed by atoms with Gasteiger partial charge in [0.25, 0.3) is 5.92 Å². The Hall–Kier alpha value is -1.12. The molecule has 2 N–H and O–H groups in total. The second-order valence-electron chi connectivity index (χ2n) is 3.52. The van der Waals surface area contributed by atoms with E-state index in [-0.39, 0.29) is 6.42 Å². The molecule has 0 spiro atoms. The molecule has 1 aliphatic carbocycles. The van der Waals surface area contributed by atoms with Crippen LogP contribution in [0.2, 0.25) is 0 Å². The summed E-state index contributed by atoms with van der Waals surface area (Å²) in [6.45, 7) is 0. The summed E-state index contributed by atoms with van der Waals surface area (Å²) in [5.41, 5.74) is 6.74. The molecule has 1 fully saturated rings. The summed E-state index contributed by atoms with van der Waals surface area (Å²) in [7, 11) is 0. The molecule has 1 atom stereocenters. The lowest BCUT2D eigenvalue weighted by atomic mass is 9.76. The molecule has 0 saturated heterocycles. The topological polar surface area (TPSA) is 26.0 Å². The van der Waals surface area contributed by atoms with Crippen LogP contribution in [0.3, 0.4) is 0 Å². The molecule has 13 heavy (non-hydrogen) atoms. The van der Waals surface area contributed by atoms with Crippen molar-refractivity contribution < 1.29 is 8.78 Å². The minimum absolute atomic E-state index is 0.00641. The minimum Gasteiger partial charge on any atom is -0.399 e. The fourth-order valence-corrected chi connectivity index (χ4v) is 1.69. The van der Waals surface area contributed by atoms with Crippen LogP contribution < -0.4 is 5.73 Å². The van der Waals surface area contributed by atoms with Gasteiger partial charge in [-0.3, -0.25) is 0 Å². The summed E-state index contributed by atoms with van der Waals surface area (Å²) >= 11 is 0. The molecule has 0 heterocycles. The first kappa shape index (κ1) is 8.48. The van der Waals surface area contributed by atoms with Crippen LogP contribution in [0.15, 0.2) is 24.3 Å². The standard InChI is InChI=1S/C10H11F2N/c11-10(12)5-4-9(10)7-2-1-3-8(13)6-7/h1-3,6,9H,4-5,13H2. The van der Waals surface area contributed by atoms with Crippen LogP contribution in [0.4, 0.5) is 14.5 Å². The molecule has 1 aliphatic rings. The van der Waals surface area contributed by atoms with Crippen LogP contribution in [0.5, 0.6) is 0 Å². The third-order valence-corrected chi connectivity index (χ3v) is 2.59. The lowest BCUT2D eigenvalue weighted by molar-refractivity contribution is -0.0962. The molecule has 1 saturated carbocycles. The molecular formula is C10H11F2N. The lowest BCUT2D eigenvalue weighted by Crippen LogP contribution is -2.36. The van der Waals surface area contributed by atoms with E-state index in [9.17, 15) is 8.78 Å². The molecule has 1 aromatic carbocycles. The van der Waals surface area contributed by atoms with Gasteiger partial charge in [0.2, 0.25) is 0 Å². The highest BCUT2D eigenvalue weighted by molar-refractivity contribution is 5.43. The number of halogens is 2. The van der Waals surface area contributed by atoms with Crippen molar-refractivity contribution in [3.8, 4) is 0 Å². The number of alkyl halides is 2. The quantitative estimate of drug-likeness (QED) is 0.665. The Balaban J connectivity index is 2.26. The lowest BCUT2D eigenvalue weighted by Gasteiger charge is -2.36. The fraction of sp³-hybridized carbons (Fsp3) is 0.400. The van der Waals surface area contributed by atoms with Gasteiger partial charge in [-0.15, -0.1) is 0 Å². The number of benzene rings is 1. The number of hydrogen-bond acceptors (Lipinski definition) is 1. The van der Waals surface area contributed by atoms with E-state index in [1.165, 1.54) is 0 Å². The van der Waals surface area contributed by atoms with Gasteiger partial charge < -0.3 is 5.73 Å². The fourth-order valence-electron chi connectivity index (χ4n) is 1.69. The van der Waals surface area contributed by atoms with Crippen molar-refractivity contribution in [1.29, 1.82) is 0 Å². The molecular weight excluding hydrogens is 172 g/mol. The maximum absolute atomic E-state index is 13.0. The number of nitrogen functional groups attached to an aromatic ring is 1. The van der Waals surface area contributed by atoms with Gasteiger partial charge >= 0.3 is 0 Å². The van der Waals surface area contributed by atoms with Crippen molar-refractivity contribution in [1.82, 2.24) is 0 Å². The Labute approximate surface area is 75.6 Å². The molecule has 2 rings (SSSR count). The van der Waals surface area contributed by atoms with Crippen LogP contribution in [0, 0.1) is 0 Å². The summed E-state index contributed by atoms with van der Waals surface area (Å²) in [5, 5.41) is 0. The Morgan fingerprint density at radius 3 is 2.62 bits per heavy atom. The second-order valence-corrected chi connectivity index (χ2v) is 3.52. The van der Waals surface area contributed by atoms with E-state index in [4.69, 9.17) is 5.73 Å². The summed E-state index contributed by atoms with van der Waals surface area (Å²) in [6, 6.07) is 6.78. The van der Waals surface area contributed by atoms with Crippen molar-refractivity contribution in [3.63, 3.8) is 0 Å². The summed E-state index contributed by atoms with van der Waals surface area (Å²) in [5.74, 6) is -3.13. The Morgan fingerprint density at radius 2 is 2.15 bits per heavy atom. The van der Waals surface area contributed by atoms with E-state index in [0.717, 1.165) is 0 Å². The van der Waals surface area contributed by atoms with Crippen LogP contribution in [0.25, 0.3) is 0 Å². The van der Waals surface area contributed by atoms with Crippen molar-refractivity contribution in [3.05, 3.63) is 29.8 Å². The highest BCUT2D eigenvalue weighted by Crippen LogP contribution is 2.49. The van der Waals surface area contributed by atoms with E-state index in [1.54, 1.807) is 24.3 Å². The molecule has 0 aliphatic heterocycles. The predicted octanol–water partition coefficient (Wildman–Crippen LogP) is 2.78. The molecule has 3 heteroatoms. The first-order valence-electron chi connectivity index (χ1n) is 4.33. The van der Waals surface area contributed by atoms with Crippen molar-refractivity contribution in [2.45, 2.75) is 24.7 Å². The first-order chi connectivity index (χ1) is 6.09. The van der Waals surface area contributed by atoms with E-state index in [1.807, 2.05) is 0 Å². The zero-order valence-electron chi connectivity index (χ0n) is 7.13. The SMILES string of the molecule is Nc1cccc(C2CCC2(F)F)c1. The first-order valence-corrected chi connectivity index (χ1v) is 4.33. The summed E-state index contributed by atoms with van der Waals surface area (Å²) in [4.78, 5) is 0. The van der Waals surface area contributed by atoms with Crippen LogP contribution in [-0.2, 0) is 0 Å². The molecule has 0 bridgehead atoms. The van der Waals surface area contributed by atoms with E-state index in [0.29, 0.717) is 17.7 Å². The zero-order chi connectivity index (χ0) is 9.47. The van der Waals surface area contributed by atoms with Gasteiger partial charge in [0, 0.05) is 18.0 Å². The Kier molecular flexibility index (Phi) is 1.75. The number of anilines is 1.